The van der Waals surface area contributed by atoms with Crippen LogP contribution in [-0.4, -0.2) is 0 Å². The SMILES string of the molecule is CCCCc1cc2c(-c3cccc(C)c3C)cc(C)c(C)c2[cH-]1.CCCCc1cc2c(-c3cccc(C)c3C)cc(C)c(C)c2[cH-]1.[CH2-]C.[Cl][Zr][Cl]. The molecule has 272 valence electrons. The van der Waals surface area contributed by atoms with E-state index in [0.717, 1.165) is 0 Å². The van der Waals surface area contributed by atoms with Crippen molar-refractivity contribution in [1.82, 2.24) is 0 Å². The molecular weight excluding hydrogens is 739 g/mol. The standard InChI is InChI=1S/2C23H27.C2H5.2ClH.Zr/c2*1-6-7-10-19-13-21-18(5)16(3)12-22(23(21)14-19)20-11-8-9-15(2)17(20)4;1-2;;;/h2*8-9,11-14H,6-7,10H2,1-5H3;1H2,2H3;2*1H;/q3*-1;;;+2/p-2. The van der Waals surface area contributed by atoms with Crippen LogP contribution in [0.1, 0.15) is 102 Å². The Morgan fingerprint density at radius 2 is 0.863 bits per heavy atom. The number of rotatable bonds is 8. The Bertz CT molecular complexity index is 1870. The Labute approximate surface area is 329 Å². The molecule has 0 aliphatic rings. The summed E-state index contributed by atoms with van der Waals surface area (Å²) in [7, 11) is 9.87. The second kappa shape index (κ2) is 20.7. The van der Waals surface area contributed by atoms with E-state index in [1.807, 2.05) is 0 Å². The zero-order chi connectivity index (χ0) is 37.8. The molecule has 0 saturated carbocycles. The quantitative estimate of drug-likeness (QED) is 0.135. The molecule has 0 saturated heterocycles. The Kier molecular flexibility index (Phi) is 17.5. The molecule has 6 rings (SSSR count). The van der Waals surface area contributed by atoms with Gasteiger partial charge in [-0.2, -0.15) is 19.1 Å². The van der Waals surface area contributed by atoms with Crippen LogP contribution in [0, 0.1) is 62.3 Å². The summed E-state index contributed by atoms with van der Waals surface area (Å²) in [6, 6.07) is 27.7. The van der Waals surface area contributed by atoms with Gasteiger partial charge in [0, 0.05) is 0 Å². The molecule has 3 heteroatoms. The molecule has 51 heavy (non-hydrogen) atoms. The van der Waals surface area contributed by atoms with E-state index in [1.54, 1.807) is 6.92 Å². The molecule has 0 N–H and O–H groups in total. The van der Waals surface area contributed by atoms with Crippen LogP contribution in [0.3, 0.4) is 0 Å². The van der Waals surface area contributed by atoms with Crippen LogP contribution in [0.5, 0.6) is 0 Å². The van der Waals surface area contributed by atoms with E-state index in [0.29, 0.717) is 0 Å². The first-order chi connectivity index (χ1) is 24.5. The third kappa shape index (κ3) is 10.4. The molecule has 0 nitrogen and oxygen atoms in total. The zero-order valence-corrected chi connectivity index (χ0v) is 37.1. The minimum atomic E-state index is -0.826. The van der Waals surface area contributed by atoms with Crippen molar-refractivity contribution in [2.75, 3.05) is 0 Å². The first kappa shape index (κ1) is 43.0. The first-order valence-electron chi connectivity index (χ1n) is 18.7. The van der Waals surface area contributed by atoms with Gasteiger partial charge in [0.15, 0.2) is 0 Å². The average Bonchev–Trinajstić information content (AvgIpc) is 3.76. The molecule has 0 bridgehead atoms. The molecular formula is C48H59Cl2Zr-3. The number of unbranched alkanes of at least 4 members (excludes halogenated alkanes) is 2. The van der Waals surface area contributed by atoms with Crippen LogP contribution in [0.2, 0.25) is 0 Å². The van der Waals surface area contributed by atoms with Crippen LogP contribution < -0.4 is 0 Å². The van der Waals surface area contributed by atoms with E-state index in [-0.39, 0.29) is 0 Å². The summed E-state index contributed by atoms with van der Waals surface area (Å²) in [5.41, 5.74) is 19.7. The van der Waals surface area contributed by atoms with Gasteiger partial charge in [-0.1, -0.05) is 124 Å². The molecule has 0 radical (unpaired) electrons. The molecule has 0 unspecified atom stereocenters. The summed E-state index contributed by atoms with van der Waals surface area (Å²) in [5, 5.41) is 5.72. The van der Waals surface area contributed by atoms with Gasteiger partial charge in [-0.3, -0.25) is 0 Å². The van der Waals surface area contributed by atoms with E-state index in [2.05, 4.69) is 149 Å². The summed E-state index contributed by atoms with van der Waals surface area (Å²) < 4.78 is 0. The second-order valence-corrected chi connectivity index (χ2v) is 17.6. The van der Waals surface area contributed by atoms with Gasteiger partial charge in [-0.05, 0) is 87.8 Å². The fourth-order valence-electron chi connectivity index (χ4n) is 7.01. The molecule has 6 aromatic carbocycles. The van der Waals surface area contributed by atoms with Crippen LogP contribution in [0.25, 0.3) is 43.8 Å². The molecule has 0 aliphatic heterocycles. The molecule has 0 aliphatic carbocycles. The van der Waals surface area contributed by atoms with Gasteiger partial charge in [0.1, 0.15) is 0 Å². The third-order valence-corrected chi connectivity index (χ3v) is 10.6. The second-order valence-electron chi connectivity index (χ2n) is 13.9. The summed E-state index contributed by atoms with van der Waals surface area (Å²) in [6.07, 6.45) is 7.43. The van der Waals surface area contributed by atoms with Crippen molar-refractivity contribution < 1.29 is 20.8 Å². The molecule has 0 spiro atoms. The van der Waals surface area contributed by atoms with Gasteiger partial charge in [0.2, 0.25) is 0 Å². The van der Waals surface area contributed by atoms with E-state index in [9.17, 15) is 0 Å². The first-order valence-corrected chi connectivity index (χ1v) is 25.0. The van der Waals surface area contributed by atoms with E-state index < -0.39 is 20.8 Å². The average molecular weight is 798 g/mol. The molecule has 0 amide bonds. The molecule has 0 atom stereocenters. The van der Waals surface area contributed by atoms with Crippen molar-refractivity contribution in [3.63, 3.8) is 0 Å². The maximum absolute atomic E-state index is 4.93. The predicted octanol–water partition coefficient (Wildman–Crippen LogP) is 15.8. The number of hydrogen-bond acceptors (Lipinski definition) is 0. The number of benzene rings is 4. The van der Waals surface area contributed by atoms with Crippen molar-refractivity contribution >= 4 is 38.6 Å². The van der Waals surface area contributed by atoms with Gasteiger partial charge in [0.05, 0.1) is 0 Å². The zero-order valence-electron chi connectivity index (χ0n) is 33.1. The Morgan fingerprint density at radius 1 is 0.510 bits per heavy atom. The van der Waals surface area contributed by atoms with Crippen molar-refractivity contribution in [1.29, 1.82) is 0 Å². The summed E-state index contributed by atoms with van der Waals surface area (Å²) in [4.78, 5) is 0. The number of aryl methyl sites for hydroxylation is 8. The van der Waals surface area contributed by atoms with E-state index in [1.165, 1.54) is 138 Å². The predicted molar refractivity (Wildman–Crippen MR) is 228 cm³/mol. The fourth-order valence-corrected chi connectivity index (χ4v) is 7.01. The van der Waals surface area contributed by atoms with Gasteiger partial charge in [-0.15, -0.1) is 55.9 Å². The minimum absolute atomic E-state index is 0.826. The van der Waals surface area contributed by atoms with Crippen LogP contribution in [-0.2, 0) is 33.7 Å². The Morgan fingerprint density at radius 3 is 1.20 bits per heavy atom. The van der Waals surface area contributed by atoms with Gasteiger partial charge in [0.25, 0.3) is 0 Å². The van der Waals surface area contributed by atoms with Crippen molar-refractivity contribution in [3.05, 3.63) is 135 Å². The summed E-state index contributed by atoms with van der Waals surface area (Å²) >= 11 is -0.826. The van der Waals surface area contributed by atoms with E-state index in [4.69, 9.17) is 17.0 Å². The Hall–Kier alpha value is -2.44. The van der Waals surface area contributed by atoms with Crippen LogP contribution in [0.4, 0.5) is 0 Å². The topological polar surface area (TPSA) is 0 Å². The molecule has 0 aromatic heterocycles. The van der Waals surface area contributed by atoms with E-state index >= 15 is 0 Å². The number of halogens is 2. The molecule has 0 heterocycles. The van der Waals surface area contributed by atoms with Crippen LogP contribution >= 0.6 is 17.0 Å². The van der Waals surface area contributed by atoms with Crippen molar-refractivity contribution in [2.24, 2.45) is 0 Å². The normalized spacial score (nSPS) is 10.6. The molecule has 6 aromatic rings. The number of fused-ring (bicyclic) bond motifs is 2. The third-order valence-electron chi connectivity index (χ3n) is 10.6. The van der Waals surface area contributed by atoms with Gasteiger partial charge >= 0.3 is 37.9 Å². The monoisotopic (exact) mass is 795 g/mol. The van der Waals surface area contributed by atoms with Crippen molar-refractivity contribution in [2.45, 2.75) is 115 Å². The Balaban J connectivity index is 0.000000245. The summed E-state index contributed by atoms with van der Waals surface area (Å²) in [5.74, 6) is 0. The number of hydrogen-bond donors (Lipinski definition) is 0. The maximum atomic E-state index is 4.93. The fraction of sp³-hybridized carbons (Fsp3) is 0.354. The molecule has 0 fully saturated rings. The van der Waals surface area contributed by atoms with Gasteiger partial charge in [-0.25, -0.2) is 0 Å². The van der Waals surface area contributed by atoms with Crippen molar-refractivity contribution in [3.8, 4) is 22.3 Å². The van der Waals surface area contributed by atoms with Gasteiger partial charge < -0.3 is 6.92 Å². The summed E-state index contributed by atoms with van der Waals surface area (Å²) in [6.45, 7) is 27.4. The van der Waals surface area contributed by atoms with Crippen LogP contribution in [0.15, 0.2) is 72.8 Å².